The molecule has 4 heterocycles. The maximum Gasteiger partial charge on any atom is 0.328 e. The van der Waals surface area contributed by atoms with E-state index in [1.807, 2.05) is 0 Å². The fourth-order valence-electron chi connectivity index (χ4n) is 5.97. The average Bonchev–Trinajstić information content (AvgIpc) is 3.73. The number of sulfonamides is 1. The number of likely N-dealkylation sites (N-methyl/N-ethyl adjacent to an activating group) is 1. The standard InChI is InChI=1S/C29H34N8O7S/c1-33-11-10-30-26(38)12-18-14-36(45(41,42)20-8-9-22-23(13-20)35(3)29(40)34(22)2)16-24(18)37-15-19(31-32-37)17-44-27-21(28(33)39)6-5-7-25(27)43-4/h5-9,13,15,18,24H,10-12,14,16-17H2,1-4H3,(H,30,38)/t18-,24+/m0/s1. The molecule has 2 bridgehead atoms. The number of ether oxygens (including phenoxy) is 2. The van der Waals surface area contributed by atoms with E-state index in [1.165, 1.54) is 37.6 Å². The van der Waals surface area contributed by atoms with Crippen LogP contribution >= 0.6 is 0 Å². The van der Waals surface area contributed by atoms with Crippen LogP contribution in [0.3, 0.4) is 0 Å². The topological polar surface area (TPSA) is 163 Å². The molecule has 2 amide bonds. The minimum Gasteiger partial charge on any atom is -0.493 e. The van der Waals surface area contributed by atoms with E-state index in [4.69, 9.17) is 9.47 Å². The third-order valence-corrected chi connectivity index (χ3v) is 10.3. The van der Waals surface area contributed by atoms with Gasteiger partial charge in [0.1, 0.15) is 12.3 Å². The van der Waals surface area contributed by atoms with Crippen LogP contribution < -0.4 is 20.5 Å². The second-order valence-corrected chi connectivity index (χ2v) is 13.2. The summed E-state index contributed by atoms with van der Waals surface area (Å²) in [5.74, 6) is -0.371. The highest BCUT2D eigenvalue weighted by Crippen LogP contribution is 2.35. The molecule has 16 heteroatoms. The van der Waals surface area contributed by atoms with Gasteiger partial charge in [-0.3, -0.25) is 18.7 Å². The lowest BCUT2D eigenvalue weighted by Crippen LogP contribution is -2.37. The van der Waals surface area contributed by atoms with Crippen LogP contribution in [-0.2, 0) is 35.5 Å². The fraction of sp³-hybridized carbons (Fsp3) is 0.414. The van der Waals surface area contributed by atoms with Gasteiger partial charge in [-0.25, -0.2) is 17.9 Å². The predicted molar refractivity (Wildman–Crippen MR) is 161 cm³/mol. The van der Waals surface area contributed by atoms with Gasteiger partial charge in [0.15, 0.2) is 11.5 Å². The number of rotatable bonds is 3. The molecule has 1 N–H and O–H groups in total. The molecule has 2 aromatic carbocycles. The van der Waals surface area contributed by atoms with E-state index in [1.54, 1.807) is 56.3 Å². The summed E-state index contributed by atoms with van der Waals surface area (Å²) in [6.45, 7) is 0.538. The molecule has 2 aromatic heterocycles. The normalized spacial score (nSPS) is 20.0. The summed E-state index contributed by atoms with van der Waals surface area (Å²) in [5, 5.41) is 11.4. The highest BCUT2D eigenvalue weighted by atomic mass is 32.2. The second kappa shape index (κ2) is 11.7. The van der Waals surface area contributed by atoms with E-state index < -0.39 is 22.0 Å². The SMILES string of the molecule is COc1cccc2c1OCc1cn(nn1)[C@@H]1CN(S(=O)(=O)c3ccc4c(c3)n(C)c(=O)n4C)C[C@@H]1CC(=O)NCCN(C)C2=O. The smallest absolute Gasteiger partial charge is 0.328 e. The Hall–Kier alpha value is -4.70. The maximum atomic E-state index is 13.9. The van der Waals surface area contributed by atoms with Crippen molar-refractivity contribution >= 4 is 32.9 Å². The molecule has 0 saturated carbocycles. The highest BCUT2D eigenvalue weighted by Gasteiger charge is 2.42. The number of para-hydroxylation sites is 1. The van der Waals surface area contributed by atoms with Gasteiger partial charge in [0.2, 0.25) is 15.9 Å². The highest BCUT2D eigenvalue weighted by molar-refractivity contribution is 7.89. The van der Waals surface area contributed by atoms with Crippen LogP contribution in [0.5, 0.6) is 11.5 Å². The fourth-order valence-corrected chi connectivity index (χ4v) is 7.51. The van der Waals surface area contributed by atoms with Crippen LogP contribution in [0.15, 0.2) is 52.3 Å². The third-order valence-electron chi connectivity index (χ3n) is 8.51. The van der Waals surface area contributed by atoms with E-state index in [9.17, 15) is 22.8 Å². The van der Waals surface area contributed by atoms with Crippen LogP contribution in [0.1, 0.15) is 28.5 Å². The number of aromatic nitrogens is 5. The van der Waals surface area contributed by atoms with Gasteiger partial charge in [0.25, 0.3) is 5.91 Å². The molecule has 15 nitrogen and oxygen atoms in total. The van der Waals surface area contributed by atoms with Crippen LogP contribution in [0.4, 0.5) is 0 Å². The van der Waals surface area contributed by atoms with E-state index >= 15 is 0 Å². The van der Waals surface area contributed by atoms with E-state index in [0.29, 0.717) is 28.0 Å². The molecule has 2 atom stereocenters. The van der Waals surface area contributed by atoms with Gasteiger partial charge in [-0.15, -0.1) is 5.10 Å². The lowest BCUT2D eigenvalue weighted by Gasteiger charge is -2.21. The molecular formula is C29H34N8O7S. The minimum atomic E-state index is -4.00. The maximum absolute atomic E-state index is 13.9. The molecule has 2 aliphatic rings. The molecule has 0 unspecified atom stereocenters. The Bertz CT molecular complexity index is 1960. The van der Waals surface area contributed by atoms with Crippen molar-refractivity contribution in [3.8, 4) is 11.5 Å². The third kappa shape index (κ3) is 5.44. The van der Waals surface area contributed by atoms with Gasteiger partial charge < -0.3 is 19.7 Å². The number of hydrogen-bond acceptors (Lipinski definition) is 9. The first-order chi connectivity index (χ1) is 21.5. The predicted octanol–water partition coefficient (Wildman–Crippen LogP) is 0.510. The lowest BCUT2D eigenvalue weighted by atomic mass is 9.99. The van der Waals surface area contributed by atoms with Crippen LogP contribution in [-0.4, -0.2) is 93.9 Å². The molecule has 6 rings (SSSR count). The zero-order valence-corrected chi connectivity index (χ0v) is 26.2. The Kier molecular flexibility index (Phi) is 7.86. The average molecular weight is 639 g/mol. The van der Waals surface area contributed by atoms with Crippen molar-refractivity contribution in [2.45, 2.75) is 24.0 Å². The number of nitrogens with one attached hydrogen (secondary N) is 1. The first-order valence-electron chi connectivity index (χ1n) is 14.4. The van der Waals surface area contributed by atoms with Crippen LogP contribution in [0, 0.1) is 5.92 Å². The number of aryl methyl sites for hydroxylation is 2. The largest absolute Gasteiger partial charge is 0.493 e. The molecule has 0 aliphatic carbocycles. The summed E-state index contributed by atoms with van der Waals surface area (Å²) in [4.78, 5) is 40.3. The number of methoxy groups -OCH3 is 1. The number of fused-ring (bicyclic) bond motifs is 6. The summed E-state index contributed by atoms with van der Waals surface area (Å²) in [7, 11) is 2.34. The molecule has 1 fully saturated rings. The van der Waals surface area contributed by atoms with E-state index in [-0.39, 0.29) is 67.4 Å². The summed E-state index contributed by atoms with van der Waals surface area (Å²) in [6.07, 6.45) is 1.69. The number of hydrogen-bond donors (Lipinski definition) is 1. The number of carbonyl (C=O) groups excluding carboxylic acids is 2. The van der Waals surface area contributed by atoms with Crippen molar-refractivity contribution in [2.75, 3.05) is 40.3 Å². The van der Waals surface area contributed by atoms with E-state index in [2.05, 4.69) is 15.6 Å². The molecule has 0 spiro atoms. The zero-order valence-electron chi connectivity index (χ0n) is 25.3. The van der Waals surface area contributed by atoms with Crippen molar-refractivity contribution in [2.24, 2.45) is 20.0 Å². The number of amides is 2. The van der Waals surface area contributed by atoms with Crippen LogP contribution in [0.25, 0.3) is 11.0 Å². The monoisotopic (exact) mass is 638 g/mol. The molecule has 4 aromatic rings. The lowest BCUT2D eigenvalue weighted by molar-refractivity contribution is -0.122. The van der Waals surface area contributed by atoms with Crippen molar-refractivity contribution in [1.82, 2.24) is 38.6 Å². The first-order valence-corrected chi connectivity index (χ1v) is 15.8. The number of imidazole rings is 1. The summed E-state index contributed by atoms with van der Waals surface area (Å²) >= 11 is 0. The second-order valence-electron chi connectivity index (χ2n) is 11.3. The van der Waals surface area contributed by atoms with Gasteiger partial charge in [-0.2, -0.15) is 4.31 Å². The number of nitrogens with zero attached hydrogens (tertiary/aromatic N) is 7. The Morgan fingerprint density at radius 1 is 1.02 bits per heavy atom. The molecule has 1 saturated heterocycles. The molecule has 2 aliphatic heterocycles. The van der Waals surface area contributed by atoms with Gasteiger partial charge in [-0.05, 0) is 30.3 Å². The van der Waals surface area contributed by atoms with Gasteiger partial charge in [-0.1, -0.05) is 11.3 Å². The molecule has 45 heavy (non-hydrogen) atoms. The van der Waals surface area contributed by atoms with Gasteiger partial charge >= 0.3 is 5.69 Å². The van der Waals surface area contributed by atoms with E-state index in [0.717, 1.165) is 0 Å². The number of benzene rings is 2. The minimum absolute atomic E-state index is 0.0277. The van der Waals surface area contributed by atoms with Gasteiger partial charge in [0, 0.05) is 59.7 Å². The van der Waals surface area contributed by atoms with Crippen molar-refractivity contribution in [3.05, 3.63) is 64.3 Å². The Balaban J connectivity index is 1.32. The number of carbonyl (C=O) groups is 2. The summed E-state index contributed by atoms with van der Waals surface area (Å²) < 4.78 is 45.1. The summed E-state index contributed by atoms with van der Waals surface area (Å²) in [6, 6.07) is 9.14. The van der Waals surface area contributed by atoms with Gasteiger partial charge in [0.05, 0.1) is 40.8 Å². The molecular weight excluding hydrogens is 604 g/mol. The quantitative estimate of drug-likeness (QED) is 0.337. The van der Waals surface area contributed by atoms with Crippen molar-refractivity contribution < 1.29 is 27.5 Å². The Morgan fingerprint density at radius 3 is 2.58 bits per heavy atom. The zero-order chi connectivity index (χ0) is 32.0. The van der Waals surface area contributed by atoms with Crippen LogP contribution in [0.2, 0.25) is 0 Å². The first kappa shape index (κ1) is 30.3. The Labute approximate surface area is 259 Å². The Morgan fingerprint density at radius 2 is 1.80 bits per heavy atom. The molecule has 238 valence electrons. The molecule has 0 radical (unpaired) electrons. The summed E-state index contributed by atoms with van der Waals surface area (Å²) in [5.41, 5.74) is 1.60. The van der Waals surface area contributed by atoms with Crippen molar-refractivity contribution in [1.29, 1.82) is 0 Å². The van der Waals surface area contributed by atoms with Crippen molar-refractivity contribution in [3.63, 3.8) is 0 Å².